The molecule has 2 fully saturated rings. The van der Waals surface area contributed by atoms with Crippen molar-refractivity contribution < 1.29 is 17.9 Å². The summed E-state index contributed by atoms with van der Waals surface area (Å²) in [7, 11) is -3.17. The lowest BCUT2D eigenvalue weighted by Crippen LogP contribution is -2.30. The van der Waals surface area contributed by atoms with Crippen LogP contribution in [0.4, 0.5) is 0 Å². The summed E-state index contributed by atoms with van der Waals surface area (Å²) in [5.41, 5.74) is 2.43. The zero-order chi connectivity index (χ0) is 18.6. The Morgan fingerprint density at radius 2 is 1.62 bits per heavy atom. The molecule has 4 nitrogen and oxygen atoms in total. The van der Waals surface area contributed by atoms with Gasteiger partial charge in [-0.3, -0.25) is 4.79 Å². The molecule has 2 aliphatic rings. The zero-order valence-corrected chi connectivity index (χ0v) is 16.5. The number of carbonyl (C=O) groups excluding carboxylic acids is 1. The quantitative estimate of drug-likeness (QED) is 0.692. The van der Waals surface area contributed by atoms with Crippen molar-refractivity contribution in [3.8, 4) is 0 Å². The van der Waals surface area contributed by atoms with E-state index in [-0.39, 0.29) is 35.4 Å². The van der Waals surface area contributed by atoms with E-state index >= 15 is 0 Å². The molecule has 2 saturated carbocycles. The molecule has 3 rings (SSSR count). The zero-order valence-electron chi connectivity index (χ0n) is 15.7. The van der Waals surface area contributed by atoms with Gasteiger partial charge in [0.15, 0.2) is 9.84 Å². The lowest BCUT2D eigenvalue weighted by molar-refractivity contribution is -0.151. The van der Waals surface area contributed by atoms with Gasteiger partial charge in [-0.05, 0) is 44.6 Å². The van der Waals surface area contributed by atoms with Gasteiger partial charge in [-0.25, -0.2) is 8.42 Å². The number of esters is 1. The molecule has 2 atom stereocenters. The van der Waals surface area contributed by atoms with Gasteiger partial charge in [0.25, 0.3) is 0 Å². The average Bonchev–Trinajstić information content (AvgIpc) is 3.17. The molecule has 0 bridgehead atoms. The van der Waals surface area contributed by atoms with Crippen molar-refractivity contribution >= 4 is 15.8 Å². The fourth-order valence-corrected chi connectivity index (χ4v) is 6.14. The molecule has 0 aromatic heterocycles. The number of aryl methyl sites for hydroxylation is 1. The highest BCUT2D eigenvalue weighted by Crippen LogP contribution is 2.35. The fraction of sp³-hybridized carbons (Fsp3) is 0.667. The van der Waals surface area contributed by atoms with Crippen LogP contribution in [0.3, 0.4) is 0 Å². The van der Waals surface area contributed by atoms with Crippen molar-refractivity contribution in [2.24, 2.45) is 0 Å². The van der Waals surface area contributed by atoms with Gasteiger partial charge in [-0.2, -0.15) is 0 Å². The number of hydrogen-bond acceptors (Lipinski definition) is 4. The maximum absolute atomic E-state index is 12.3. The minimum atomic E-state index is -3.17. The first-order valence-corrected chi connectivity index (χ1v) is 11.6. The summed E-state index contributed by atoms with van der Waals surface area (Å²) < 4.78 is 30.4. The van der Waals surface area contributed by atoms with Crippen LogP contribution in [-0.2, 0) is 19.4 Å². The predicted octanol–water partition coefficient (Wildman–Crippen LogP) is 4.31. The molecule has 144 valence electrons. The van der Waals surface area contributed by atoms with Gasteiger partial charge in [-0.15, -0.1) is 0 Å². The first kappa shape index (κ1) is 19.4. The van der Waals surface area contributed by atoms with Crippen molar-refractivity contribution in [1.82, 2.24) is 0 Å². The van der Waals surface area contributed by atoms with Crippen LogP contribution >= 0.6 is 0 Å². The Morgan fingerprint density at radius 3 is 2.31 bits per heavy atom. The summed E-state index contributed by atoms with van der Waals surface area (Å²) in [4.78, 5) is 12.3. The van der Waals surface area contributed by atoms with Crippen LogP contribution in [0.15, 0.2) is 24.3 Å². The number of carbonyl (C=O) groups is 1. The van der Waals surface area contributed by atoms with Crippen LogP contribution in [0.2, 0.25) is 0 Å². The van der Waals surface area contributed by atoms with Crippen LogP contribution in [0.1, 0.15) is 74.8 Å². The monoisotopic (exact) mass is 378 g/mol. The minimum absolute atomic E-state index is 0.0179. The SMILES string of the molecule is Cc1ccc([C@H]2CCCC[C@H]2OC(=O)CCS(=O)(=O)C2CCCC2)cc1. The number of hydrogen-bond donors (Lipinski definition) is 0. The Morgan fingerprint density at radius 1 is 1.00 bits per heavy atom. The fourth-order valence-electron chi connectivity index (χ4n) is 4.30. The molecule has 0 heterocycles. The third-order valence-corrected chi connectivity index (χ3v) is 8.15. The lowest BCUT2D eigenvalue weighted by Gasteiger charge is -2.31. The second kappa shape index (κ2) is 8.55. The molecule has 0 N–H and O–H groups in total. The van der Waals surface area contributed by atoms with Crippen molar-refractivity contribution in [3.05, 3.63) is 35.4 Å². The molecule has 1 aromatic carbocycles. The van der Waals surface area contributed by atoms with E-state index in [0.29, 0.717) is 0 Å². The van der Waals surface area contributed by atoms with E-state index in [1.54, 1.807) is 0 Å². The Labute approximate surface area is 157 Å². The van der Waals surface area contributed by atoms with Gasteiger partial charge in [-0.1, -0.05) is 49.1 Å². The standard InChI is InChI=1S/C21H30O4S/c1-16-10-12-17(13-11-16)19-8-4-5-9-20(19)25-21(22)14-15-26(23,24)18-6-2-3-7-18/h10-13,18-20H,2-9,14-15H2,1H3/t19-,20-/m1/s1. The highest BCUT2D eigenvalue weighted by atomic mass is 32.2. The van der Waals surface area contributed by atoms with E-state index in [0.717, 1.165) is 51.4 Å². The highest BCUT2D eigenvalue weighted by Gasteiger charge is 2.32. The van der Waals surface area contributed by atoms with Gasteiger partial charge >= 0.3 is 5.97 Å². The smallest absolute Gasteiger partial charge is 0.307 e. The van der Waals surface area contributed by atoms with Crippen molar-refractivity contribution in [3.63, 3.8) is 0 Å². The summed E-state index contributed by atoms with van der Waals surface area (Å²) in [6.07, 6.45) is 7.38. The summed E-state index contributed by atoms with van der Waals surface area (Å²) in [6.45, 7) is 2.06. The largest absolute Gasteiger partial charge is 0.462 e. The van der Waals surface area contributed by atoms with Crippen LogP contribution in [-0.4, -0.2) is 31.5 Å². The van der Waals surface area contributed by atoms with E-state index < -0.39 is 9.84 Å². The Kier molecular flexibility index (Phi) is 6.38. The van der Waals surface area contributed by atoms with E-state index in [1.165, 1.54) is 11.1 Å². The minimum Gasteiger partial charge on any atom is -0.462 e. The molecule has 0 amide bonds. The molecular formula is C21H30O4S. The number of benzene rings is 1. The van der Waals surface area contributed by atoms with E-state index in [9.17, 15) is 13.2 Å². The van der Waals surface area contributed by atoms with Gasteiger partial charge in [0.2, 0.25) is 0 Å². The molecule has 0 saturated heterocycles. The van der Waals surface area contributed by atoms with E-state index in [4.69, 9.17) is 4.74 Å². The summed E-state index contributed by atoms with van der Waals surface area (Å²) >= 11 is 0. The number of rotatable bonds is 6. The Bertz CT molecular complexity index is 702. The van der Waals surface area contributed by atoms with Gasteiger partial charge in [0.1, 0.15) is 6.10 Å². The second-order valence-electron chi connectivity index (χ2n) is 7.85. The lowest BCUT2D eigenvalue weighted by atomic mass is 9.81. The number of ether oxygens (including phenoxy) is 1. The maximum atomic E-state index is 12.3. The van der Waals surface area contributed by atoms with Crippen molar-refractivity contribution in [2.45, 2.75) is 82.0 Å². The van der Waals surface area contributed by atoms with Gasteiger partial charge < -0.3 is 4.74 Å². The van der Waals surface area contributed by atoms with Gasteiger partial charge in [0.05, 0.1) is 17.4 Å². The molecular weight excluding hydrogens is 348 g/mol. The first-order valence-electron chi connectivity index (χ1n) is 9.93. The van der Waals surface area contributed by atoms with Crippen molar-refractivity contribution in [1.29, 1.82) is 0 Å². The molecule has 26 heavy (non-hydrogen) atoms. The molecule has 0 aliphatic heterocycles. The molecule has 2 aliphatic carbocycles. The summed E-state index contributed by atoms with van der Waals surface area (Å²) in [5, 5.41) is -0.245. The maximum Gasteiger partial charge on any atom is 0.307 e. The van der Waals surface area contributed by atoms with Crippen LogP contribution in [0.25, 0.3) is 0 Å². The third-order valence-electron chi connectivity index (χ3n) is 5.89. The molecule has 0 spiro atoms. The molecule has 5 heteroatoms. The topological polar surface area (TPSA) is 60.4 Å². The van der Waals surface area contributed by atoms with Crippen molar-refractivity contribution in [2.75, 3.05) is 5.75 Å². The van der Waals surface area contributed by atoms with Gasteiger partial charge in [0, 0.05) is 5.92 Å². The van der Waals surface area contributed by atoms with E-state index in [1.807, 2.05) is 0 Å². The van der Waals surface area contributed by atoms with Crippen LogP contribution in [0, 0.1) is 6.92 Å². The van der Waals surface area contributed by atoms with E-state index in [2.05, 4.69) is 31.2 Å². The number of sulfone groups is 1. The average molecular weight is 379 g/mol. The third kappa shape index (κ3) is 4.87. The first-order chi connectivity index (χ1) is 12.5. The molecule has 0 unspecified atom stereocenters. The summed E-state index contributed by atoms with van der Waals surface area (Å²) in [5.74, 6) is -0.214. The molecule has 1 aromatic rings. The van der Waals surface area contributed by atoms with Crippen LogP contribution < -0.4 is 0 Å². The Hall–Kier alpha value is -1.36. The Balaban J connectivity index is 1.57. The highest BCUT2D eigenvalue weighted by molar-refractivity contribution is 7.92. The predicted molar refractivity (Wildman–Crippen MR) is 103 cm³/mol. The second-order valence-corrected chi connectivity index (χ2v) is 10.3. The normalized spacial score (nSPS) is 24.5. The molecule has 0 radical (unpaired) electrons. The summed E-state index contributed by atoms with van der Waals surface area (Å²) in [6, 6.07) is 8.43. The van der Waals surface area contributed by atoms with Crippen LogP contribution in [0.5, 0.6) is 0 Å².